The van der Waals surface area contributed by atoms with Gasteiger partial charge in [0.2, 0.25) is 0 Å². The lowest BCUT2D eigenvalue weighted by molar-refractivity contribution is -0.187. The molecule has 1 unspecified atom stereocenters. The molecule has 8 nitrogen and oxygen atoms in total. The first-order valence-corrected chi connectivity index (χ1v) is 19.4. The van der Waals surface area contributed by atoms with Crippen molar-refractivity contribution in [2.24, 2.45) is 0 Å². The third-order valence-electron chi connectivity index (χ3n) is 8.94. The van der Waals surface area contributed by atoms with Crippen molar-refractivity contribution in [3.8, 4) is 0 Å². The number of carbonyl (C=O) groups is 2. The first kappa shape index (κ1) is 43.4. The van der Waals surface area contributed by atoms with Gasteiger partial charge in [0, 0.05) is 25.3 Å². The van der Waals surface area contributed by atoms with Gasteiger partial charge in [-0.15, -0.1) is 0 Å². The van der Waals surface area contributed by atoms with Crippen LogP contribution in [0.5, 0.6) is 0 Å². The molecule has 1 aliphatic rings. The van der Waals surface area contributed by atoms with Crippen LogP contribution < -0.4 is 0 Å². The van der Waals surface area contributed by atoms with E-state index in [4.69, 9.17) is 18.9 Å². The summed E-state index contributed by atoms with van der Waals surface area (Å²) in [5, 5.41) is 0. The maximum absolute atomic E-state index is 12.8. The van der Waals surface area contributed by atoms with Gasteiger partial charge in [-0.3, -0.25) is 9.59 Å². The van der Waals surface area contributed by atoms with Crippen molar-refractivity contribution in [1.82, 2.24) is 9.80 Å². The molecule has 0 aromatic heterocycles. The summed E-state index contributed by atoms with van der Waals surface area (Å²) in [6, 6.07) is 0. The molecule has 2 atom stereocenters. The van der Waals surface area contributed by atoms with Crippen molar-refractivity contribution in [3.63, 3.8) is 0 Å². The fourth-order valence-corrected chi connectivity index (χ4v) is 5.91. The fourth-order valence-electron chi connectivity index (χ4n) is 5.91. The van der Waals surface area contributed by atoms with Gasteiger partial charge in [0.1, 0.15) is 12.4 Å². The van der Waals surface area contributed by atoms with Gasteiger partial charge in [-0.05, 0) is 47.5 Å². The van der Waals surface area contributed by atoms with E-state index in [9.17, 15) is 9.59 Å². The molecule has 0 aromatic rings. The summed E-state index contributed by atoms with van der Waals surface area (Å²) in [6.07, 6.45) is 25.3. The molecule has 0 spiro atoms. The Labute approximate surface area is 289 Å². The zero-order valence-electron chi connectivity index (χ0n) is 31.6. The molecule has 0 amide bonds. The Bertz CT molecular complexity index is 815. The van der Waals surface area contributed by atoms with Gasteiger partial charge in [0.05, 0.1) is 12.8 Å². The zero-order chi connectivity index (χ0) is 34.5. The number of carbonyl (C=O) groups excluding carboxylic acids is 2. The van der Waals surface area contributed by atoms with Crippen LogP contribution in [-0.4, -0.2) is 88.6 Å². The van der Waals surface area contributed by atoms with Gasteiger partial charge >= 0.3 is 11.9 Å². The van der Waals surface area contributed by atoms with Crippen molar-refractivity contribution < 1.29 is 28.5 Å². The third-order valence-corrected chi connectivity index (χ3v) is 8.94. The summed E-state index contributed by atoms with van der Waals surface area (Å²) < 4.78 is 24.2. The molecule has 276 valence electrons. The van der Waals surface area contributed by atoms with Crippen molar-refractivity contribution in [1.29, 1.82) is 0 Å². The highest BCUT2D eigenvalue weighted by Gasteiger charge is 2.40. The maximum Gasteiger partial charge on any atom is 0.310 e. The number of ether oxygens (including phenoxy) is 4. The molecule has 47 heavy (non-hydrogen) atoms. The highest BCUT2D eigenvalue weighted by molar-refractivity contribution is 5.70. The number of esters is 2. The van der Waals surface area contributed by atoms with Gasteiger partial charge in [-0.2, -0.15) is 0 Å². The van der Waals surface area contributed by atoms with Crippen LogP contribution in [-0.2, 0) is 28.5 Å². The van der Waals surface area contributed by atoms with E-state index in [1.807, 2.05) is 38.0 Å². The summed E-state index contributed by atoms with van der Waals surface area (Å²) >= 11 is 0. The number of rotatable bonds is 32. The predicted molar refractivity (Wildman–Crippen MR) is 193 cm³/mol. The minimum atomic E-state index is -0.846. The number of unbranched alkanes of at least 4 members (excludes halogenated alkanes) is 18. The maximum atomic E-state index is 12.8. The molecule has 0 radical (unpaired) electrons. The second-order valence-corrected chi connectivity index (χ2v) is 14.1. The summed E-state index contributed by atoms with van der Waals surface area (Å²) in [4.78, 5) is 29.2. The highest BCUT2D eigenvalue weighted by Crippen LogP contribution is 2.34. The predicted octanol–water partition coefficient (Wildman–Crippen LogP) is 9.20. The molecule has 1 aliphatic heterocycles. The van der Waals surface area contributed by atoms with Crippen molar-refractivity contribution in [3.05, 3.63) is 11.3 Å². The van der Waals surface area contributed by atoms with Crippen LogP contribution in [0.25, 0.3) is 0 Å². The van der Waals surface area contributed by atoms with Gasteiger partial charge in [0.25, 0.3) is 6.29 Å². The Morgan fingerprint density at radius 1 is 0.617 bits per heavy atom. The molecule has 0 aromatic carbocycles. The lowest BCUT2D eigenvalue weighted by Gasteiger charge is -2.22. The van der Waals surface area contributed by atoms with Crippen LogP contribution in [0.1, 0.15) is 162 Å². The standard InChI is InChI=1S/C39H74N2O6/c1-7-9-11-13-15-17-19-21-23-25-27-34-35(33-45-36(42)28-30-40(3)4)46-39(47-37(43)29-31-41(5)6)38(34)44-32-26-24-22-20-18-16-14-12-10-8-2/h38-39H,7-33H2,1-6H3/t38?,39-/m0/s1. The normalized spacial score (nSPS) is 16.3. The minimum Gasteiger partial charge on any atom is -0.457 e. The topological polar surface area (TPSA) is 77.5 Å². The molecular weight excluding hydrogens is 592 g/mol. The number of hydrogen-bond donors (Lipinski definition) is 0. The fraction of sp³-hybridized carbons (Fsp3) is 0.897. The van der Waals surface area contributed by atoms with Crippen LogP contribution in [0.3, 0.4) is 0 Å². The second kappa shape index (κ2) is 29.3. The average Bonchev–Trinajstić information content (AvgIpc) is 3.36. The van der Waals surface area contributed by atoms with Gasteiger partial charge in [-0.25, -0.2) is 0 Å². The minimum absolute atomic E-state index is 0.0449. The molecule has 1 rings (SSSR count). The summed E-state index contributed by atoms with van der Waals surface area (Å²) in [5.74, 6) is 0.0266. The number of nitrogens with zero attached hydrogens (tertiary/aromatic N) is 2. The zero-order valence-corrected chi connectivity index (χ0v) is 31.6. The Kier molecular flexibility index (Phi) is 27.0. The van der Waals surface area contributed by atoms with Crippen molar-refractivity contribution >= 4 is 11.9 Å². The van der Waals surface area contributed by atoms with Crippen molar-refractivity contribution in [2.45, 2.75) is 174 Å². The summed E-state index contributed by atoms with van der Waals surface area (Å²) in [5.41, 5.74) is 0.988. The van der Waals surface area contributed by atoms with E-state index in [0.717, 1.165) is 37.7 Å². The summed E-state index contributed by atoms with van der Waals surface area (Å²) in [6.45, 7) is 6.39. The largest absolute Gasteiger partial charge is 0.457 e. The molecule has 0 bridgehead atoms. The lowest BCUT2D eigenvalue weighted by atomic mass is 10.00. The van der Waals surface area contributed by atoms with E-state index in [2.05, 4.69) is 13.8 Å². The summed E-state index contributed by atoms with van der Waals surface area (Å²) in [7, 11) is 7.75. The molecule has 0 saturated heterocycles. The quantitative estimate of drug-likeness (QED) is 0.0520. The first-order valence-electron chi connectivity index (χ1n) is 19.4. The monoisotopic (exact) mass is 667 g/mol. The average molecular weight is 667 g/mol. The Balaban J connectivity index is 2.78. The molecule has 8 heteroatoms. The Morgan fingerprint density at radius 3 is 1.55 bits per heavy atom. The first-order chi connectivity index (χ1) is 22.8. The van der Waals surface area contributed by atoms with E-state index in [1.165, 1.54) is 103 Å². The van der Waals surface area contributed by atoms with E-state index >= 15 is 0 Å². The Hall–Kier alpha value is -1.64. The highest BCUT2D eigenvalue weighted by atomic mass is 16.7. The van der Waals surface area contributed by atoms with Crippen LogP contribution in [0, 0.1) is 0 Å². The van der Waals surface area contributed by atoms with Crippen LogP contribution >= 0.6 is 0 Å². The van der Waals surface area contributed by atoms with Gasteiger partial charge in [-0.1, -0.05) is 129 Å². The van der Waals surface area contributed by atoms with E-state index in [1.54, 1.807) is 0 Å². The van der Waals surface area contributed by atoms with Gasteiger partial charge < -0.3 is 28.7 Å². The van der Waals surface area contributed by atoms with E-state index in [0.29, 0.717) is 31.9 Å². The van der Waals surface area contributed by atoms with Crippen LogP contribution in [0.2, 0.25) is 0 Å². The molecule has 0 aliphatic carbocycles. The van der Waals surface area contributed by atoms with Crippen molar-refractivity contribution in [2.75, 3.05) is 54.5 Å². The third kappa shape index (κ3) is 23.4. The van der Waals surface area contributed by atoms with Crippen LogP contribution in [0.15, 0.2) is 11.3 Å². The smallest absolute Gasteiger partial charge is 0.310 e. The molecule has 0 saturated carbocycles. The Morgan fingerprint density at radius 2 is 1.06 bits per heavy atom. The second-order valence-electron chi connectivity index (χ2n) is 14.1. The molecule has 0 fully saturated rings. The molecule has 0 N–H and O–H groups in total. The van der Waals surface area contributed by atoms with Gasteiger partial charge in [0.15, 0.2) is 6.10 Å². The number of hydrogen-bond acceptors (Lipinski definition) is 8. The molecular formula is C39H74N2O6. The van der Waals surface area contributed by atoms with Crippen LogP contribution in [0.4, 0.5) is 0 Å². The SMILES string of the molecule is CCCCCCCCCCCCOC1C(CCCCCCCCCCCC)=C(COC(=O)CCN(C)C)O[C@H]1OC(=O)CCN(C)C. The van der Waals surface area contributed by atoms with E-state index < -0.39 is 12.4 Å². The lowest BCUT2D eigenvalue weighted by Crippen LogP contribution is -2.33. The van der Waals surface area contributed by atoms with E-state index in [-0.39, 0.29) is 25.0 Å². The molecule has 1 heterocycles.